The van der Waals surface area contributed by atoms with E-state index in [1.165, 1.54) is 12.1 Å². The van der Waals surface area contributed by atoms with Gasteiger partial charge in [0, 0.05) is 12.1 Å². The van der Waals surface area contributed by atoms with E-state index in [4.69, 9.17) is 10.5 Å². The molecule has 2 rings (SSSR count). The molecule has 5 heteroatoms. The molecule has 1 unspecified atom stereocenters. The molecule has 1 aromatic rings. The molecule has 0 heterocycles. The molecular weight excluding hydrogens is 259 g/mol. The van der Waals surface area contributed by atoms with Crippen LogP contribution in [0.1, 0.15) is 44.2 Å². The third-order valence-corrected chi connectivity index (χ3v) is 3.56. The van der Waals surface area contributed by atoms with E-state index in [0.717, 1.165) is 25.7 Å². The van der Waals surface area contributed by atoms with Crippen molar-refractivity contribution in [2.24, 2.45) is 5.73 Å². The molecule has 1 aliphatic carbocycles. The molecule has 0 bridgehead atoms. The second kappa shape index (κ2) is 6.70. The van der Waals surface area contributed by atoms with Crippen LogP contribution in [-0.4, -0.2) is 18.6 Å². The zero-order valence-corrected chi connectivity index (χ0v) is 11.7. The summed E-state index contributed by atoms with van der Waals surface area (Å²) in [5.41, 5.74) is 6.37. The number of carbonyl (C=O) groups excluding carboxylic acids is 1. The second-order valence-corrected chi connectivity index (χ2v) is 5.32. The molecule has 1 saturated carbocycles. The van der Waals surface area contributed by atoms with Crippen molar-refractivity contribution in [1.82, 2.24) is 5.32 Å². The van der Waals surface area contributed by atoms with Gasteiger partial charge in [0.25, 0.3) is 5.91 Å². The molecule has 1 fully saturated rings. The molecule has 3 N–H and O–H groups in total. The number of amides is 1. The van der Waals surface area contributed by atoms with Gasteiger partial charge in [-0.05, 0) is 37.5 Å². The average molecular weight is 280 g/mol. The largest absolute Gasteiger partial charge is 0.481 e. The van der Waals surface area contributed by atoms with Crippen molar-refractivity contribution in [3.8, 4) is 5.75 Å². The van der Waals surface area contributed by atoms with Crippen molar-refractivity contribution in [3.63, 3.8) is 0 Å². The van der Waals surface area contributed by atoms with E-state index >= 15 is 0 Å². The van der Waals surface area contributed by atoms with Crippen LogP contribution in [0.15, 0.2) is 18.2 Å². The van der Waals surface area contributed by atoms with E-state index in [2.05, 4.69) is 5.32 Å². The lowest BCUT2D eigenvalue weighted by atomic mass is 10.1. The zero-order chi connectivity index (χ0) is 14.5. The van der Waals surface area contributed by atoms with Crippen LogP contribution in [0.2, 0.25) is 0 Å². The van der Waals surface area contributed by atoms with Crippen LogP contribution in [-0.2, 0) is 4.79 Å². The molecule has 1 amide bonds. The first kappa shape index (κ1) is 14.8. The number of halogens is 1. The maximum Gasteiger partial charge on any atom is 0.258 e. The van der Waals surface area contributed by atoms with Gasteiger partial charge in [-0.3, -0.25) is 4.79 Å². The Morgan fingerprint density at radius 3 is 2.80 bits per heavy atom. The highest BCUT2D eigenvalue weighted by Crippen LogP contribution is 2.21. The highest BCUT2D eigenvalue weighted by molar-refractivity contribution is 5.77. The van der Waals surface area contributed by atoms with Gasteiger partial charge in [-0.2, -0.15) is 0 Å². The van der Waals surface area contributed by atoms with Crippen LogP contribution in [0, 0.1) is 5.82 Å². The number of carbonyl (C=O) groups is 1. The van der Waals surface area contributed by atoms with Gasteiger partial charge in [-0.1, -0.05) is 18.9 Å². The highest BCUT2D eigenvalue weighted by Gasteiger charge is 2.17. The Bertz CT molecular complexity index is 471. The lowest BCUT2D eigenvalue weighted by Crippen LogP contribution is -2.36. The first-order chi connectivity index (χ1) is 9.56. The Labute approximate surface area is 118 Å². The smallest absolute Gasteiger partial charge is 0.258 e. The maximum absolute atomic E-state index is 13.8. The minimum absolute atomic E-state index is 0.0796. The number of nitrogens with one attached hydrogen (secondary N) is 1. The molecule has 0 radical (unpaired) electrons. The molecule has 1 aliphatic rings. The molecule has 4 nitrogen and oxygen atoms in total. The van der Waals surface area contributed by atoms with Gasteiger partial charge in [0.05, 0.1) is 0 Å². The minimum atomic E-state index is -0.492. The molecule has 0 aromatic heterocycles. The van der Waals surface area contributed by atoms with Crippen molar-refractivity contribution < 1.29 is 13.9 Å². The van der Waals surface area contributed by atoms with Gasteiger partial charge >= 0.3 is 0 Å². The lowest BCUT2D eigenvalue weighted by molar-refractivity contribution is -0.123. The SMILES string of the molecule is CC(N)c1ccc(OCC(=O)NC2CCCC2)c(F)c1. The summed E-state index contributed by atoms with van der Waals surface area (Å²) in [6, 6.07) is 4.57. The van der Waals surface area contributed by atoms with E-state index in [0.29, 0.717) is 5.56 Å². The third-order valence-electron chi connectivity index (χ3n) is 3.56. The van der Waals surface area contributed by atoms with Crippen molar-refractivity contribution in [1.29, 1.82) is 0 Å². The maximum atomic E-state index is 13.8. The van der Waals surface area contributed by atoms with Gasteiger partial charge in [0.15, 0.2) is 18.2 Å². The summed E-state index contributed by atoms with van der Waals surface area (Å²) in [6.07, 6.45) is 4.34. The number of hydrogen-bond acceptors (Lipinski definition) is 3. The summed E-state index contributed by atoms with van der Waals surface area (Å²) in [6.45, 7) is 1.62. The first-order valence-corrected chi connectivity index (χ1v) is 7.03. The van der Waals surface area contributed by atoms with E-state index < -0.39 is 5.82 Å². The van der Waals surface area contributed by atoms with Crippen LogP contribution in [0.5, 0.6) is 5.75 Å². The van der Waals surface area contributed by atoms with E-state index in [9.17, 15) is 9.18 Å². The highest BCUT2D eigenvalue weighted by atomic mass is 19.1. The number of benzene rings is 1. The van der Waals surface area contributed by atoms with Crippen LogP contribution < -0.4 is 15.8 Å². The van der Waals surface area contributed by atoms with Crippen molar-refractivity contribution >= 4 is 5.91 Å². The predicted molar refractivity (Wildman–Crippen MR) is 74.9 cm³/mol. The number of ether oxygens (including phenoxy) is 1. The fourth-order valence-corrected chi connectivity index (χ4v) is 2.40. The molecule has 20 heavy (non-hydrogen) atoms. The van der Waals surface area contributed by atoms with Crippen molar-refractivity contribution in [2.75, 3.05) is 6.61 Å². The zero-order valence-electron chi connectivity index (χ0n) is 11.7. The summed E-state index contributed by atoms with van der Waals surface area (Å²) in [5.74, 6) is -0.614. The fraction of sp³-hybridized carbons (Fsp3) is 0.533. The van der Waals surface area contributed by atoms with E-state index in [1.54, 1.807) is 13.0 Å². The van der Waals surface area contributed by atoms with Crippen LogP contribution in [0.4, 0.5) is 4.39 Å². The summed E-state index contributed by atoms with van der Waals surface area (Å²) in [4.78, 5) is 11.7. The number of nitrogens with two attached hydrogens (primary N) is 1. The standard InChI is InChI=1S/C15H21FN2O2/c1-10(17)11-6-7-14(13(16)8-11)20-9-15(19)18-12-4-2-3-5-12/h6-8,10,12H,2-5,9,17H2,1H3,(H,18,19). The quantitative estimate of drug-likeness (QED) is 0.869. The van der Waals surface area contributed by atoms with Gasteiger partial charge in [-0.25, -0.2) is 4.39 Å². The van der Waals surface area contributed by atoms with Gasteiger partial charge < -0.3 is 15.8 Å². The van der Waals surface area contributed by atoms with Crippen molar-refractivity contribution in [3.05, 3.63) is 29.6 Å². The van der Waals surface area contributed by atoms with E-state index in [-0.39, 0.29) is 30.3 Å². The average Bonchev–Trinajstić information content (AvgIpc) is 2.90. The monoisotopic (exact) mass is 280 g/mol. The summed E-state index contributed by atoms with van der Waals surface area (Å²) in [5, 5.41) is 2.89. The van der Waals surface area contributed by atoms with Crippen molar-refractivity contribution in [2.45, 2.75) is 44.7 Å². The summed E-state index contributed by atoms with van der Waals surface area (Å²) < 4.78 is 19.0. The molecule has 1 aromatic carbocycles. The van der Waals surface area contributed by atoms with Crippen LogP contribution >= 0.6 is 0 Å². The van der Waals surface area contributed by atoms with E-state index in [1.807, 2.05) is 0 Å². The number of hydrogen-bond donors (Lipinski definition) is 2. The van der Waals surface area contributed by atoms with Crippen LogP contribution in [0.3, 0.4) is 0 Å². The van der Waals surface area contributed by atoms with Gasteiger partial charge in [0.2, 0.25) is 0 Å². The lowest BCUT2D eigenvalue weighted by Gasteiger charge is -2.13. The summed E-state index contributed by atoms with van der Waals surface area (Å²) >= 11 is 0. The van der Waals surface area contributed by atoms with Gasteiger partial charge in [-0.15, -0.1) is 0 Å². The predicted octanol–water partition coefficient (Wildman–Crippen LogP) is 2.28. The molecule has 0 saturated heterocycles. The molecule has 0 spiro atoms. The Morgan fingerprint density at radius 2 is 2.20 bits per heavy atom. The third kappa shape index (κ3) is 3.93. The number of rotatable bonds is 5. The second-order valence-electron chi connectivity index (χ2n) is 5.32. The molecule has 0 aliphatic heterocycles. The van der Waals surface area contributed by atoms with Gasteiger partial charge in [0.1, 0.15) is 0 Å². The minimum Gasteiger partial charge on any atom is -0.481 e. The Hall–Kier alpha value is -1.62. The normalized spacial score (nSPS) is 16.9. The molecule has 1 atom stereocenters. The fourth-order valence-electron chi connectivity index (χ4n) is 2.40. The Morgan fingerprint density at radius 1 is 1.50 bits per heavy atom. The molecule has 110 valence electrons. The topological polar surface area (TPSA) is 64.3 Å². The Kier molecular flexibility index (Phi) is 4.95. The molecular formula is C15H21FN2O2. The Balaban J connectivity index is 1.85. The van der Waals surface area contributed by atoms with Crippen LogP contribution in [0.25, 0.3) is 0 Å². The first-order valence-electron chi connectivity index (χ1n) is 7.03. The summed E-state index contributed by atoms with van der Waals surface area (Å²) in [7, 11) is 0.